The molecule has 0 radical (unpaired) electrons. The predicted molar refractivity (Wildman–Crippen MR) is 77.3 cm³/mol. The van der Waals surface area contributed by atoms with Crippen LogP contribution in [0.4, 0.5) is 0 Å². The van der Waals surface area contributed by atoms with Gasteiger partial charge in [0.15, 0.2) is 0 Å². The lowest BCUT2D eigenvalue weighted by Gasteiger charge is -2.13. The van der Waals surface area contributed by atoms with E-state index in [1.807, 2.05) is 13.1 Å². The van der Waals surface area contributed by atoms with Crippen LogP contribution in [0.15, 0.2) is 21.3 Å². The summed E-state index contributed by atoms with van der Waals surface area (Å²) in [5, 5.41) is 5.36. The Kier molecular flexibility index (Phi) is 4.32. The van der Waals surface area contributed by atoms with Crippen LogP contribution >= 0.6 is 61.8 Å². The van der Waals surface area contributed by atoms with Gasteiger partial charge in [0.25, 0.3) is 0 Å². The third-order valence-electron chi connectivity index (χ3n) is 2.20. The molecule has 2 aromatic heterocycles. The maximum Gasteiger partial charge on any atom is 0.0995 e. The summed E-state index contributed by atoms with van der Waals surface area (Å²) in [6, 6.07) is 4.11. The van der Waals surface area contributed by atoms with Crippen molar-refractivity contribution in [2.24, 2.45) is 0 Å². The minimum absolute atomic E-state index is 0.0961. The Morgan fingerprint density at radius 1 is 1.38 bits per heavy atom. The lowest BCUT2D eigenvalue weighted by atomic mass is 10.1. The van der Waals surface area contributed by atoms with Crippen LogP contribution in [0.3, 0.4) is 0 Å². The summed E-state index contributed by atoms with van der Waals surface area (Å²) in [5.41, 5.74) is 2.22. The van der Waals surface area contributed by atoms with Gasteiger partial charge in [-0.25, -0.2) is 0 Å². The molecule has 0 aliphatic rings. The summed E-state index contributed by atoms with van der Waals surface area (Å²) in [7, 11) is 1.91. The second-order valence-corrected chi connectivity index (χ2v) is 7.76. The molecule has 1 N–H and O–H groups in total. The van der Waals surface area contributed by atoms with E-state index in [0.717, 1.165) is 18.0 Å². The highest BCUT2D eigenvalue weighted by molar-refractivity contribution is 9.11. The molecule has 0 saturated carbocycles. The van der Waals surface area contributed by atoms with Gasteiger partial charge in [-0.2, -0.15) is 0 Å². The van der Waals surface area contributed by atoms with Gasteiger partial charge in [0.1, 0.15) is 0 Å². The fourth-order valence-corrected chi connectivity index (χ4v) is 4.26. The zero-order chi connectivity index (χ0) is 11.7. The number of nitrogens with one attached hydrogen (secondary N) is 1. The predicted octanol–water partition coefficient (Wildman–Crippen LogP) is 5.19. The molecular weight excluding hydrogens is 349 g/mol. The van der Waals surface area contributed by atoms with Crippen molar-refractivity contribution in [2.45, 2.75) is 6.04 Å². The lowest BCUT2D eigenvalue weighted by Crippen LogP contribution is -2.16. The molecule has 1 nitrogen and oxygen atoms in total. The molecule has 2 heterocycles. The minimum Gasteiger partial charge on any atom is -0.309 e. The van der Waals surface area contributed by atoms with Crippen LogP contribution in [0.25, 0.3) is 0 Å². The Balaban J connectivity index is 2.40. The molecule has 0 aliphatic heterocycles. The third-order valence-corrected chi connectivity index (χ3v) is 5.24. The van der Waals surface area contributed by atoms with E-state index >= 15 is 0 Å². The Labute approximate surface area is 121 Å². The van der Waals surface area contributed by atoms with Crippen molar-refractivity contribution in [2.75, 3.05) is 7.05 Å². The molecule has 16 heavy (non-hydrogen) atoms. The van der Waals surface area contributed by atoms with E-state index in [1.54, 1.807) is 11.3 Å². The summed E-state index contributed by atoms with van der Waals surface area (Å²) in [6.07, 6.45) is 0. The quantitative estimate of drug-likeness (QED) is 0.798. The van der Waals surface area contributed by atoms with Gasteiger partial charge in [0, 0.05) is 5.56 Å². The van der Waals surface area contributed by atoms with Crippen LogP contribution in [0.2, 0.25) is 8.67 Å². The lowest BCUT2D eigenvalue weighted by molar-refractivity contribution is 0.697. The van der Waals surface area contributed by atoms with Crippen LogP contribution in [0.1, 0.15) is 17.2 Å². The smallest absolute Gasteiger partial charge is 0.0995 e. The molecule has 86 valence electrons. The van der Waals surface area contributed by atoms with Crippen LogP contribution in [-0.2, 0) is 0 Å². The number of hydrogen-bond donors (Lipinski definition) is 1. The largest absolute Gasteiger partial charge is 0.309 e. The van der Waals surface area contributed by atoms with Gasteiger partial charge in [-0.1, -0.05) is 23.2 Å². The molecule has 0 aliphatic carbocycles. The highest BCUT2D eigenvalue weighted by Crippen LogP contribution is 2.38. The summed E-state index contributed by atoms with van der Waals surface area (Å²) in [5.74, 6) is 0. The number of thiophene rings is 2. The van der Waals surface area contributed by atoms with Crippen LogP contribution < -0.4 is 5.32 Å². The third kappa shape index (κ3) is 2.63. The van der Waals surface area contributed by atoms with E-state index in [1.165, 1.54) is 16.9 Å². The first-order valence-corrected chi connectivity index (χ1v) is 7.72. The van der Waals surface area contributed by atoms with Crippen molar-refractivity contribution >= 4 is 61.8 Å². The van der Waals surface area contributed by atoms with Crippen molar-refractivity contribution in [3.63, 3.8) is 0 Å². The van der Waals surface area contributed by atoms with Crippen LogP contribution in [0.5, 0.6) is 0 Å². The average Bonchev–Trinajstić information content (AvgIpc) is 2.76. The fraction of sp³-hybridized carbons (Fsp3) is 0.200. The van der Waals surface area contributed by atoms with E-state index in [2.05, 4.69) is 32.7 Å². The Hall–Kier alpha value is 0.420. The highest BCUT2D eigenvalue weighted by atomic mass is 79.9. The Bertz CT molecular complexity index is 495. The number of hydrogen-bond acceptors (Lipinski definition) is 3. The first kappa shape index (κ1) is 12.9. The molecule has 2 aromatic rings. The maximum absolute atomic E-state index is 6.16. The minimum atomic E-state index is 0.0961. The standard InChI is InChI=1S/C10H8BrCl2NS2/c1-14-9(5-2-7(11)15-4-5)6-3-8(12)16-10(6)13/h2-4,9,14H,1H3. The Morgan fingerprint density at radius 3 is 2.56 bits per heavy atom. The van der Waals surface area contributed by atoms with Gasteiger partial charge in [0.2, 0.25) is 0 Å². The second-order valence-electron chi connectivity index (χ2n) is 3.19. The van der Waals surface area contributed by atoms with Crippen molar-refractivity contribution < 1.29 is 0 Å². The van der Waals surface area contributed by atoms with E-state index < -0.39 is 0 Å². The SMILES string of the molecule is CNC(c1csc(Br)c1)c1cc(Cl)sc1Cl. The maximum atomic E-state index is 6.16. The van der Waals surface area contributed by atoms with Gasteiger partial charge in [-0.3, -0.25) is 0 Å². The van der Waals surface area contributed by atoms with Crippen LogP contribution in [-0.4, -0.2) is 7.05 Å². The molecule has 0 amide bonds. The van der Waals surface area contributed by atoms with Gasteiger partial charge < -0.3 is 5.32 Å². The molecule has 0 bridgehead atoms. The van der Waals surface area contributed by atoms with E-state index in [9.17, 15) is 0 Å². The van der Waals surface area contributed by atoms with E-state index in [-0.39, 0.29) is 6.04 Å². The first-order valence-electron chi connectivity index (χ1n) is 4.47. The van der Waals surface area contributed by atoms with Crippen molar-refractivity contribution in [3.05, 3.63) is 41.1 Å². The zero-order valence-corrected chi connectivity index (χ0v) is 13.0. The molecule has 0 spiro atoms. The van der Waals surface area contributed by atoms with Gasteiger partial charge in [-0.05, 0) is 46.1 Å². The van der Waals surface area contributed by atoms with Crippen molar-refractivity contribution in [1.82, 2.24) is 5.32 Å². The van der Waals surface area contributed by atoms with E-state index in [4.69, 9.17) is 23.2 Å². The van der Waals surface area contributed by atoms with Gasteiger partial charge >= 0.3 is 0 Å². The first-order chi connectivity index (χ1) is 7.61. The molecule has 0 fully saturated rings. The Morgan fingerprint density at radius 2 is 2.12 bits per heavy atom. The molecule has 1 atom stereocenters. The molecule has 0 aromatic carbocycles. The number of halogens is 3. The number of rotatable bonds is 3. The second kappa shape index (κ2) is 5.38. The molecular formula is C10H8BrCl2NS2. The van der Waals surface area contributed by atoms with E-state index in [0.29, 0.717) is 0 Å². The zero-order valence-electron chi connectivity index (χ0n) is 8.26. The van der Waals surface area contributed by atoms with Crippen molar-refractivity contribution in [1.29, 1.82) is 0 Å². The van der Waals surface area contributed by atoms with Gasteiger partial charge in [0.05, 0.1) is 18.5 Å². The monoisotopic (exact) mass is 355 g/mol. The summed E-state index contributed by atoms with van der Waals surface area (Å²) in [6.45, 7) is 0. The topological polar surface area (TPSA) is 12.0 Å². The highest BCUT2D eigenvalue weighted by Gasteiger charge is 2.18. The molecule has 0 saturated heterocycles. The summed E-state index contributed by atoms with van der Waals surface area (Å²) >= 11 is 18.6. The molecule has 6 heteroatoms. The fourth-order valence-electron chi connectivity index (χ4n) is 1.53. The average molecular weight is 357 g/mol. The normalized spacial score (nSPS) is 13.0. The van der Waals surface area contributed by atoms with Gasteiger partial charge in [-0.15, -0.1) is 22.7 Å². The summed E-state index contributed by atoms with van der Waals surface area (Å²) < 4.78 is 2.57. The molecule has 2 rings (SSSR count). The van der Waals surface area contributed by atoms with Crippen molar-refractivity contribution in [3.8, 4) is 0 Å². The molecule has 1 unspecified atom stereocenters. The van der Waals surface area contributed by atoms with Crippen LogP contribution in [0, 0.1) is 0 Å². The summed E-state index contributed by atoms with van der Waals surface area (Å²) in [4.78, 5) is 0.